The van der Waals surface area contributed by atoms with Crippen molar-refractivity contribution in [1.82, 2.24) is 9.55 Å². The third kappa shape index (κ3) is 4.25. The number of thiazole rings is 1. The van der Waals surface area contributed by atoms with Crippen molar-refractivity contribution in [3.8, 4) is 0 Å². The number of hydrogen-bond donors (Lipinski definition) is 0. The third-order valence-corrected chi connectivity index (χ3v) is 5.03. The molecule has 1 aromatic carbocycles. The number of aromatic nitrogens is 2. The summed E-state index contributed by atoms with van der Waals surface area (Å²) < 4.78 is 7.02. The minimum atomic E-state index is -0.407. The summed E-state index contributed by atoms with van der Waals surface area (Å²) in [5.74, 6) is -0.531. The van der Waals surface area contributed by atoms with E-state index in [-0.39, 0.29) is 12.5 Å². The summed E-state index contributed by atoms with van der Waals surface area (Å²) in [6.45, 7) is 3.65. The molecule has 0 bridgehead atoms. The Hall–Kier alpha value is -2.93. The molecule has 0 aliphatic rings. The molecule has 2 aromatic heterocycles. The first-order chi connectivity index (χ1) is 13.0. The van der Waals surface area contributed by atoms with E-state index in [2.05, 4.69) is 11.9 Å². The molecule has 3 rings (SSSR count). The Labute approximate surface area is 162 Å². The lowest BCUT2D eigenvalue weighted by atomic mass is 10.1. The maximum atomic E-state index is 12.2. The number of rotatable bonds is 6. The van der Waals surface area contributed by atoms with Gasteiger partial charge in [0.25, 0.3) is 0 Å². The second kappa shape index (κ2) is 8.18. The van der Waals surface area contributed by atoms with E-state index in [0.717, 1.165) is 12.1 Å². The Morgan fingerprint density at radius 1 is 1.22 bits per heavy atom. The lowest BCUT2D eigenvalue weighted by Crippen LogP contribution is -2.22. The fourth-order valence-corrected chi connectivity index (χ4v) is 3.53. The Balaban J connectivity index is 1.73. The number of hydrogen-bond acceptors (Lipinski definition) is 5. The lowest BCUT2D eigenvalue weighted by molar-refractivity contribution is -0.115. The first kappa shape index (κ1) is 18.8. The van der Waals surface area contributed by atoms with Crippen LogP contribution in [0, 0.1) is 0 Å². The van der Waals surface area contributed by atoms with Gasteiger partial charge in [-0.2, -0.15) is 0 Å². The highest BCUT2D eigenvalue weighted by atomic mass is 32.1. The molecule has 0 spiro atoms. The van der Waals surface area contributed by atoms with Gasteiger partial charge in [-0.25, -0.2) is 9.78 Å². The van der Waals surface area contributed by atoms with Crippen molar-refractivity contribution in [1.29, 1.82) is 0 Å². The Morgan fingerprint density at radius 3 is 2.56 bits per heavy atom. The molecular weight excluding hydrogens is 362 g/mol. The van der Waals surface area contributed by atoms with Crippen LogP contribution in [0.1, 0.15) is 35.6 Å². The molecule has 7 heteroatoms. The van der Waals surface area contributed by atoms with Gasteiger partial charge in [-0.05, 0) is 36.2 Å². The van der Waals surface area contributed by atoms with E-state index < -0.39 is 5.97 Å². The quantitative estimate of drug-likeness (QED) is 0.602. The van der Waals surface area contributed by atoms with E-state index in [9.17, 15) is 9.59 Å². The molecular formula is C20H21N3O3S. The molecule has 0 N–H and O–H groups in total. The number of benzene rings is 1. The zero-order chi connectivity index (χ0) is 19.4. The molecule has 0 atom stereocenters. The van der Waals surface area contributed by atoms with Crippen LogP contribution in [-0.2, 0) is 29.6 Å². The molecule has 0 fully saturated rings. The zero-order valence-electron chi connectivity index (χ0n) is 15.5. The molecule has 0 unspecified atom stereocenters. The molecule has 6 nitrogen and oxygen atoms in total. The van der Waals surface area contributed by atoms with Gasteiger partial charge in [0.1, 0.15) is 12.3 Å². The van der Waals surface area contributed by atoms with Crippen LogP contribution in [0.5, 0.6) is 0 Å². The number of nitrogens with zero attached hydrogens (tertiary/aromatic N) is 3. The Morgan fingerprint density at radius 2 is 1.96 bits per heavy atom. The number of ether oxygens (including phenoxy) is 1. The summed E-state index contributed by atoms with van der Waals surface area (Å²) in [6.07, 6.45) is 2.72. The van der Waals surface area contributed by atoms with E-state index in [1.54, 1.807) is 40.2 Å². The molecule has 0 aliphatic carbocycles. The maximum Gasteiger partial charge on any atom is 0.355 e. The van der Waals surface area contributed by atoms with E-state index in [1.807, 2.05) is 24.3 Å². The fourth-order valence-electron chi connectivity index (χ4n) is 2.66. The monoisotopic (exact) mass is 383 g/mol. The molecule has 0 saturated carbocycles. The largest absolute Gasteiger partial charge is 0.454 e. The van der Waals surface area contributed by atoms with Crippen LogP contribution >= 0.6 is 11.3 Å². The smallest absolute Gasteiger partial charge is 0.355 e. The predicted molar refractivity (Wildman–Crippen MR) is 105 cm³/mol. The summed E-state index contributed by atoms with van der Waals surface area (Å²) in [6, 6.07) is 11.3. The highest BCUT2D eigenvalue weighted by Gasteiger charge is 2.19. The van der Waals surface area contributed by atoms with Crippen molar-refractivity contribution in [2.45, 2.75) is 26.9 Å². The van der Waals surface area contributed by atoms with Gasteiger partial charge >= 0.3 is 5.97 Å². The summed E-state index contributed by atoms with van der Waals surface area (Å²) in [4.78, 5) is 30.3. The van der Waals surface area contributed by atoms with Crippen molar-refractivity contribution >= 4 is 34.0 Å². The van der Waals surface area contributed by atoms with Crippen LogP contribution in [0.3, 0.4) is 0 Å². The number of aryl methyl sites for hydroxylation is 2. The van der Waals surface area contributed by atoms with Crippen LogP contribution in [0.4, 0.5) is 10.8 Å². The minimum absolute atomic E-state index is 0.0566. The van der Waals surface area contributed by atoms with Gasteiger partial charge in [0.15, 0.2) is 5.13 Å². The zero-order valence-corrected chi connectivity index (χ0v) is 16.3. The minimum Gasteiger partial charge on any atom is -0.454 e. The lowest BCUT2D eigenvalue weighted by Gasteiger charge is -2.18. The van der Waals surface area contributed by atoms with Crippen molar-refractivity contribution in [3.63, 3.8) is 0 Å². The van der Waals surface area contributed by atoms with Gasteiger partial charge in [0.2, 0.25) is 5.91 Å². The number of anilines is 2. The van der Waals surface area contributed by atoms with Gasteiger partial charge in [0, 0.05) is 25.5 Å². The van der Waals surface area contributed by atoms with Crippen molar-refractivity contribution in [2.24, 2.45) is 7.05 Å². The summed E-state index contributed by atoms with van der Waals surface area (Å²) in [5.41, 5.74) is 3.05. The molecule has 0 aliphatic heterocycles. The predicted octanol–water partition coefficient (Wildman–Crippen LogP) is 4.09. The standard InChI is InChI=1S/C20H21N3O3S/c1-4-15-7-9-17(10-8-15)23(14(2)24)20-21-16(13-27-20)12-26-19(25)18-6-5-11-22(18)3/h5-11,13H,4,12H2,1-3H3. The van der Waals surface area contributed by atoms with E-state index in [4.69, 9.17) is 4.74 Å². The maximum absolute atomic E-state index is 12.2. The van der Waals surface area contributed by atoms with Gasteiger partial charge in [-0.15, -0.1) is 11.3 Å². The SMILES string of the molecule is CCc1ccc(N(C(C)=O)c2nc(COC(=O)c3cccn3C)cs2)cc1. The summed E-state index contributed by atoms with van der Waals surface area (Å²) >= 11 is 1.34. The number of carbonyl (C=O) groups excluding carboxylic acids is 2. The van der Waals surface area contributed by atoms with Gasteiger partial charge in [-0.1, -0.05) is 19.1 Å². The van der Waals surface area contributed by atoms with Crippen LogP contribution < -0.4 is 4.90 Å². The third-order valence-electron chi connectivity index (χ3n) is 4.15. The van der Waals surface area contributed by atoms with Crippen LogP contribution in [-0.4, -0.2) is 21.4 Å². The first-order valence-electron chi connectivity index (χ1n) is 8.62. The van der Waals surface area contributed by atoms with Crippen molar-refractivity contribution in [2.75, 3.05) is 4.90 Å². The van der Waals surface area contributed by atoms with Crippen LogP contribution in [0.15, 0.2) is 48.0 Å². The van der Waals surface area contributed by atoms with Crippen molar-refractivity contribution in [3.05, 3.63) is 64.9 Å². The molecule has 27 heavy (non-hydrogen) atoms. The molecule has 2 heterocycles. The van der Waals surface area contributed by atoms with Gasteiger partial charge < -0.3 is 9.30 Å². The van der Waals surface area contributed by atoms with Gasteiger partial charge in [0.05, 0.1) is 11.4 Å². The average molecular weight is 383 g/mol. The molecule has 3 aromatic rings. The number of carbonyl (C=O) groups is 2. The number of esters is 1. The summed E-state index contributed by atoms with van der Waals surface area (Å²) in [7, 11) is 1.78. The highest BCUT2D eigenvalue weighted by molar-refractivity contribution is 7.14. The fraction of sp³-hybridized carbons (Fsp3) is 0.250. The average Bonchev–Trinajstić information content (AvgIpc) is 3.29. The second-order valence-electron chi connectivity index (χ2n) is 6.08. The second-order valence-corrected chi connectivity index (χ2v) is 6.91. The molecule has 1 amide bonds. The summed E-state index contributed by atoms with van der Waals surface area (Å²) in [5, 5.41) is 2.35. The van der Waals surface area contributed by atoms with Crippen LogP contribution in [0.25, 0.3) is 0 Å². The molecule has 0 saturated heterocycles. The number of amides is 1. The van der Waals surface area contributed by atoms with E-state index >= 15 is 0 Å². The highest BCUT2D eigenvalue weighted by Crippen LogP contribution is 2.29. The Bertz CT molecular complexity index is 944. The van der Waals surface area contributed by atoms with Crippen LogP contribution in [0.2, 0.25) is 0 Å². The Kier molecular flexibility index (Phi) is 5.71. The van der Waals surface area contributed by atoms with Crippen molar-refractivity contribution < 1.29 is 14.3 Å². The first-order valence-corrected chi connectivity index (χ1v) is 9.50. The van der Waals surface area contributed by atoms with Gasteiger partial charge in [-0.3, -0.25) is 9.69 Å². The topological polar surface area (TPSA) is 64.4 Å². The molecule has 0 radical (unpaired) electrons. The normalized spacial score (nSPS) is 10.6. The van der Waals surface area contributed by atoms with E-state index in [0.29, 0.717) is 16.5 Å². The van der Waals surface area contributed by atoms with E-state index in [1.165, 1.54) is 23.8 Å². The molecule has 140 valence electrons.